The molecule has 3 aromatic rings. The maximum Gasteiger partial charge on any atom is 0.264 e. The number of hydrogen-bond acceptors (Lipinski definition) is 6. The van der Waals surface area contributed by atoms with E-state index in [4.69, 9.17) is 0 Å². The van der Waals surface area contributed by atoms with Gasteiger partial charge in [-0.3, -0.25) is 19.4 Å². The molecule has 1 aliphatic rings. The van der Waals surface area contributed by atoms with Gasteiger partial charge in [-0.2, -0.15) is 0 Å². The van der Waals surface area contributed by atoms with E-state index in [1.54, 1.807) is 65.6 Å². The summed E-state index contributed by atoms with van der Waals surface area (Å²) in [7, 11) is -3.95. The number of phenols is 1. The van der Waals surface area contributed by atoms with E-state index in [1.807, 2.05) is 11.8 Å². The molecule has 0 saturated carbocycles. The lowest BCUT2D eigenvalue weighted by Crippen LogP contribution is -2.48. The highest BCUT2D eigenvalue weighted by Gasteiger charge is 2.24. The molecule has 4 rings (SSSR count). The molecule has 0 bridgehead atoms. The number of para-hydroxylation sites is 2. The molecule has 1 heterocycles. The van der Waals surface area contributed by atoms with E-state index in [0.29, 0.717) is 55.1 Å². The van der Waals surface area contributed by atoms with Gasteiger partial charge in [0.15, 0.2) is 11.6 Å². The molecule has 1 saturated heterocycles. The van der Waals surface area contributed by atoms with E-state index in [9.17, 15) is 22.7 Å². The number of nitrogens with zero attached hydrogens (tertiary/aromatic N) is 3. The van der Waals surface area contributed by atoms with Gasteiger partial charge in [0, 0.05) is 55.1 Å². The molecule has 0 unspecified atom stereocenters. The summed E-state index contributed by atoms with van der Waals surface area (Å²) in [6.45, 7) is 7.83. The second kappa shape index (κ2) is 11.6. The smallest absolute Gasteiger partial charge is 0.264 e. The first-order valence-electron chi connectivity index (χ1n) is 12.1. The predicted molar refractivity (Wildman–Crippen MR) is 147 cm³/mol. The predicted octanol–water partition coefficient (Wildman–Crippen LogP) is 4.66. The number of amides is 1. The standard InChI is InChI=1S/C28H29FN4O4S/c1-3-6-20-7-5-10-25(26(20)30-2)38(36,37)31-23-13-11-21(12-14-23)28(35)33-17-15-32(16-18-33)19-22-8-4-9-24(29)27(22)34/h3-14,31,34H,2,15-19H2,1H3/b6-3-. The second-order valence-electron chi connectivity index (χ2n) is 8.85. The molecule has 1 fully saturated rings. The van der Waals surface area contributed by atoms with Crippen LogP contribution >= 0.6 is 0 Å². The lowest BCUT2D eigenvalue weighted by molar-refractivity contribution is 0.0627. The van der Waals surface area contributed by atoms with Crippen molar-refractivity contribution in [3.05, 3.63) is 89.2 Å². The van der Waals surface area contributed by atoms with Gasteiger partial charge in [-0.1, -0.05) is 36.4 Å². The van der Waals surface area contributed by atoms with Crippen molar-refractivity contribution in [2.75, 3.05) is 30.9 Å². The largest absolute Gasteiger partial charge is 0.505 e. The highest BCUT2D eigenvalue weighted by molar-refractivity contribution is 7.92. The summed E-state index contributed by atoms with van der Waals surface area (Å²) >= 11 is 0. The Labute approximate surface area is 221 Å². The zero-order valence-electron chi connectivity index (χ0n) is 21.0. The van der Waals surface area contributed by atoms with Crippen LogP contribution in [0.15, 0.2) is 76.6 Å². The van der Waals surface area contributed by atoms with Crippen molar-refractivity contribution in [2.24, 2.45) is 4.99 Å². The van der Waals surface area contributed by atoms with Crippen molar-refractivity contribution in [1.29, 1.82) is 0 Å². The summed E-state index contributed by atoms with van der Waals surface area (Å²) in [6, 6.07) is 15.6. The number of phenolic OH excluding ortho intramolecular Hbond substituents is 1. The van der Waals surface area contributed by atoms with Gasteiger partial charge in [-0.15, -0.1) is 0 Å². The topological polar surface area (TPSA) is 102 Å². The Morgan fingerprint density at radius 3 is 2.42 bits per heavy atom. The number of benzene rings is 3. The molecule has 38 heavy (non-hydrogen) atoms. The average molecular weight is 537 g/mol. The van der Waals surface area contributed by atoms with E-state index in [0.717, 1.165) is 0 Å². The summed E-state index contributed by atoms with van der Waals surface area (Å²) in [6.07, 6.45) is 3.55. The summed E-state index contributed by atoms with van der Waals surface area (Å²) in [4.78, 5) is 20.7. The fourth-order valence-electron chi connectivity index (χ4n) is 4.35. The Morgan fingerprint density at radius 1 is 1.08 bits per heavy atom. The first kappa shape index (κ1) is 27.0. The fraction of sp³-hybridized carbons (Fsp3) is 0.214. The zero-order valence-corrected chi connectivity index (χ0v) is 21.8. The monoisotopic (exact) mass is 536 g/mol. The van der Waals surface area contributed by atoms with E-state index in [-0.39, 0.29) is 22.2 Å². The van der Waals surface area contributed by atoms with Crippen molar-refractivity contribution in [2.45, 2.75) is 18.4 Å². The second-order valence-corrected chi connectivity index (χ2v) is 10.5. The van der Waals surface area contributed by atoms with Crippen molar-refractivity contribution < 1.29 is 22.7 Å². The molecule has 3 aromatic carbocycles. The van der Waals surface area contributed by atoms with E-state index >= 15 is 0 Å². The number of anilines is 1. The minimum absolute atomic E-state index is 0.00711. The van der Waals surface area contributed by atoms with Crippen LogP contribution in [0, 0.1) is 5.82 Å². The number of hydrogen-bond donors (Lipinski definition) is 2. The van der Waals surface area contributed by atoms with Gasteiger partial charge >= 0.3 is 0 Å². The molecule has 1 amide bonds. The van der Waals surface area contributed by atoms with Crippen molar-refractivity contribution >= 4 is 40.1 Å². The Morgan fingerprint density at radius 2 is 1.76 bits per heavy atom. The highest BCUT2D eigenvalue weighted by Crippen LogP contribution is 2.31. The third kappa shape index (κ3) is 5.92. The van der Waals surface area contributed by atoms with Gasteiger partial charge < -0.3 is 10.0 Å². The van der Waals surface area contributed by atoms with Gasteiger partial charge in [-0.05, 0) is 50.0 Å². The SMILES string of the molecule is C=Nc1c(/C=C\C)cccc1S(=O)(=O)Nc1ccc(C(=O)N2CCN(Cc3cccc(F)c3O)CC2)cc1. The summed E-state index contributed by atoms with van der Waals surface area (Å²) in [5.41, 5.74) is 2.16. The molecule has 0 radical (unpaired) electrons. The lowest BCUT2D eigenvalue weighted by atomic mass is 10.1. The number of rotatable bonds is 8. The number of carbonyl (C=O) groups excluding carboxylic acids is 1. The number of aliphatic imine (C=N–C) groups is 1. The first-order valence-corrected chi connectivity index (χ1v) is 13.5. The van der Waals surface area contributed by atoms with Gasteiger partial charge in [0.25, 0.3) is 15.9 Å². The van der Waals surface area contributed by atoms with Crippen molar-refractivity contribution in [3.8, 4) is 5.75 Å². The quantitative estimate of drug-likeness (QED) is 0.408. The Bertz CT molecular complexity index is 1460. The van der Waals surface area contributed by atoms with Crippen molar-refractivity contribution in [1.82, 2.24) is 9.80 Å². The molecule has 1 aliphatic heterocycles. The van der Waals surface area contributed by atoms with Gasteiger partial charge in [0.2, 0.25) is 0 Å². The molecule has 10 heteroatoms. The van der Waals surface area contributed by atoms with E-state index < -0.39 is 15.8 Å². The van der Waals surface area contributed by atoms with Crippen molar-refractivity contribution in [3.63, 3.8) is 0 Å². The third-order valence-electron chi connectivity index (χ3n) is 6.33. The van der Waals surface area contributed by atoms with Crippen LogP contribution in [0.25, 0.3) is 6.08 Å². The maximum atomic E-state index is 13.6. The molecule has 0 atom stereocenters. The molecule has 0 spiro atoms. The lowest BCUT2D eigenvalue weighted by Gasteiger charge is -2.35. The summed E-state index contributed by atoms with van der Waals surface area (Å²) in [5.74, 6) is -1.16. The van der Waals surface area contributed by atoms with Gasteiger partial charge in [0.1, 0.15) is 4.90 Å². The fourth-order valence-corrected chi connectivity index (χ4v) is 5.60. The number of aromatic hydroxyl groups is 1. The molecule has 198 valence electrons. The minimum Gasteiger partial charge on any atom is -0.505 e. The van der Waals surface area contributed by atoms with Crippen LogP contribution in [0.3, 0.4) is 0 Å². The van der Waals surface area contributed by atoms with Crippen LogP contribution in [0.5, 0.6) is 5.75 Å². The first-order chi connectivity index (χ1) is 18.2. The Hall–Kier alpha value is -4.02. The van der Waals surface area contributed by atoms with Crippen LogP contribution in [-0.2, 0) is 16.6 Å². The number of nitrogens with one attached hydrogen (secondary N) is 1. The van der Waals surface area contributed by atoms with E-state index in [1.165, 1.54) is 12.1 Å². The molecule has 0 aliphatic carbocycles. The van der Waals surface area contributed by atoms with Crippen LogP contribution in [0.1, 0.15) is 28.4 Å². The van der Waals surface area contributed by atoms with Crippen LogP contribution in [-0.4, -0.2) is 62.1 Å². The normalized spacial score (nSPS) is 14.5. The average Bonchev–Trinajstić information content (AvgIpc) is 2.91. The molecule has 2 N–H and O–H groups in total. The van der Waals surface area contributed by atoms with Crippen LogP contribution in [0.4, 0.5) is 15.8 Å². The zero-order chi connectivity index (χ0) is 27.3. The van der Waals surface area contributed by atoms with Crippen LogP contribution < -0.4 is 4.72 Å². The number of sulfonamides is 1. The highest BCUT2D eigenvalue weighted by atomic mass is 32.2. The summed E-state index contributed by atoms with van der Waals surface area (Å²) < 4.78 is 42.3. The number of halogens is 1. The molecule has 8 nitrogen and oxygen atoms in total. The van der Waals surface area contributed by atoms with E-state index in [2.05, 4.69) is 16.4 Å². The maximum absolute atomic E-state index is 13.6. The minimum atomic E-state index is -3.95. The Kier molecular flexibility index (Phi) is 8.23. The number of piperazine rings is 1. The van der Waals surface area contributed by atoms with Crippen LogP contribution in [0.2, 0.25) is 0 Å². The van der Waals surface area contributed by atoms with Gasteiger partial charge in [-0.25, -0.2) is 12.8 Å². The molecular weight excluding hydrogens is 507 g/mol. The third-order valence-corrected chi connectivity index (χ3v) is 7.74. The van der Waals surface area contributed by atoms with Gasteiger partial charge in [0.05, 0.1) is 5.69 Å². The number of carbonyl (C=O) groups is 1. The number of allylic oxidation sites excluding steroid dienone is 1. The molecule has 0 aromatic heterocycles. The summed E-state index contributed by atoms with van der Waals surface area (Å²) in [5, 5.41) is 9.92. The molecular formula is C28H29FN4O4S. The Balaban J connectivity index is 1.39.